The van der Waals surface area contributed by atoms with E-state index < -0.39 is 11.7 Å². The van der Waals surface area contributed by atoms with Crippen molar-refractivity contribution < 1.29 is 13.9 Å². The highest BCUT2D eigenvalue weighted by molar-refractivity contribution is 9.10. The van der Waals surface area contributed by atoms with Gasteiger partial charge in [-0.1, -0.05) is 0 Å². The molecule has 2 rings (SSSR count). The largest absolute Gasteiger partial charge is 0.495 e. The number of primary amides is 1. The molecule has 8 heteroatoms. The molecule has 94 valence electrons. The fraction of sp³-hybridized carbons (Fsp3) is 0.100. The topological polar surface area (TPSA) is 93.9 Å². The Morgan fingerprint density at radius 2 is 2.22 bits per heavy atom. The first-order chi connectivity index (χ1) is 8.56. The maximum atomic E-state index is 13.4. The number of H-pyrrole nitrogens is 1. The molecule has 0 radical (unpaired) electrons. The zero-order valence-electron chi connectivity index (χ0n) is 9.20. The van der Waals surface area contributed by atoms with Crippen molar-refractivity contribution in [3.05, 3.63) is 28.1 Å². The molecule has 0 unspecified atom stereocenters. The predicted molar refractivity (Wildman–Crippen MR) is 64.5 cm³/mol. The minimum absolute atomic E-state index is 0.0354. The number of halogens is 2. The Labute approximate surface area is 109 Å². The van der Waals surface area contributed by atoms with Crippen LogP contribution in [-0.2, 0) is 0 Å². The van der Waals surface area contributed by atoms with E-state index in [4.69, 9.17) is 10.5 Å². The van der Waals surface area contributed by atoms with E-state index in [1.807, 2.05) is 0 Å². The van der Waals surface area contributed by atoms with Gasteiger partial charge in [0.25, 0.3) is 5.91 Å². The smallest absolute Gasteiger partial charge is 0.271 e. The summed E-state index contributed by atoms with van der Waals surface area (Å²) in [4.78, 5) is 11.2. The van der Waals surface area contributed by atoms with Crippen LogP contribution in [-0.4, -0.2) is 28.4 Å². The number of aromatic amines is 1. The first kappa shape index (κ1) is 12.5. The summed E-state index contributed by atoms with van der Waals surface area (Å²) in [5, 5.41) is 9.77. The van der Waals surface area contributed by atoms with Crippen LogP contribution in [0.2, 0.25) is 0 Å². The standard InChI is InChI=1S/C10H8BrFN4O2/c1-18-9-4(2-3-5(12)6(9)11)7-8(10(13)17)15-16-14-7/h2-3H,1H3,(H2,13,17)(H,14,15,16). The zero-order valence-corrected chi connectivity index (χ0v) is 10.8. The van der Waals surface area contributed by atoms with E-state index in [0.29, 0.717) is 5.56 Å². The van der Waals surface area contributed by atoms with Crippen LogP contribution in [0.4, 0.5) is 4.39 Å². The maximum absolute atomic E-state index is 13.4. The normalized spacial score (nSPS) is 10.4. The number of nitrogens with zero attached hydrogens (tertiary/aromatic N) is 2. The number of benzene rings is 1. The molecule has 0 aliphatic heterocycles. The number of carbonyl (C=O) groups is 1. The molecular formula is C10H8BrFN4O2. The lowest BCUT2D eigenvalue weighted by molar-refractivity contribution is 0.0996. The highest BCUT2D eigenvalue weighted by Gasteiger charge is 2.21. The van der Waals surface area contributed by atoms with Crippen molar-refractivity contribution in [3.63, 3.8) is 0 Å². The summed E-state index contributed by atoms with van der Waals surface area (Å²) in [6, 6.07) is 2.66. The first-order valence-electron chi connectivity index (χ1n) is 4.79. The highest BCUT2D eigenvalue weighted by Crippen LogP contribution is 2.37. The molecule has 1 amide bonds. The van der Waals surface area contributed by atoms with E-state index in [0.717, 1.165) is 0 Å². The monoisotopic (exact) mass is 314 g/mol. The van der Waals surface area contributed by atoms with Gasteiger partial charge < -0.3 is 10.5 Å². The van der Waals surface area contributed by atoms with Gasteiger partial charge in [0.15, 0.2) is 5.69 Å². The van der Waals surface area contributed by atoms with Crippen molar-refractivity contribution in [2.45, 2.75) is 0 Å². The van der Waals surface area contributed by atoms with E-state index in [9.17, 15) is 9.18 Å². The van der Waals surface area contributed by atoms with Gasteiger partial charge in [-0.2, -0.15) is 15.4 Å². The molecule has 3 N–H and O–H groups in total. The Kier molecular flexibility index (Phi) is 3.28. The average Bonchev–Trinajstić information content (AvgIpc) is 2.81. The third-order valence-electron chi connectivity index (χ3n) is 2.29. The number of aromatic nitrogens is 3. The summed E-state index contributed by atoms with van der Waals surface area (Å²) in [5.74, 6) is -1.01. The Morgan fingerprint density at radius 1 is 1.50 bits per heavy atom. The highest BCUT2D eigenvalue weighted by atomic mass is 79.9. The van der Waals surface area contributed by atoms with E-state index in [1.165, 1.54) is 19.2 Å². The Balaban J connectivity index is 2.68. The fourth-order valence-corrected chi connectivity index (χ4v) is 2.02. The third kappa shape index (κ3) is 1.94. The Bertz CT molecular complexity index is 614. The van der Waals surface area contributed by atoms with Crippen molar-refractivity contribution in [2.24, 2.45) is 5.73 Å². The minimum atomic E-state index is -0.735. The SMILES string of the molecule is COc1c(-c2n[nH]nc2C(N)=O)ccc(F)c1Br. The number of rotatable bonds is 3. The van der Waals surface area contributed by atoms with Crippen molar-refractivity contribution >= 4 is 21.8 Å². The first-order valence-corrected chi connectivity index (χ1v) is 5.58. The molecule has 0 aliphatic carbocycles. The van der Waals surface area contributed by atoms with Crippen molar-refractivity contribution in [1.82, 2.24) is 15.4 Å². The lowest BCUT2D eigenvalue weighted by atomic mass is 10.1. The van der Waals surface area contributed by atoms with Crippen LogP contribution in [0.5, 0.6) is 5.75 Å². The fourth-order valence-electron chi connectivity index (χ4n) is 1.51. The van der Waals surface area contributed by atoms with Crippen molar-refractivity contribution in [1.29, 1.82) is 0 Å². The second kappa shape index (κ2) is 4.73. The lowest BCUT2D eigenvalue weighted by Gasteiger charge is -2.09. The van der Waals surface area contributed by atoms with Gasteiger partial charge in [-0.3, -0.25) is 4.79 Å². The van der Waals surface area contributed by atoms with Gasteiger partial charge in [0.1, 0.15) is 17.3 Å². The molecule has 1 aromatic heterocycles. The Hall–Kier alpha value is -1.96. The molecule has 0 bridgehead atoms. The van der Waals surface area contributed by atoms with Crippen LogP contribution in [0.1, 0.15) is 10.5 Å². The molecule has 0 aliphatic rings. The summed E-state index contributed by atoms with van der Waals surface area (Å²) in [5.41, 5.74) is 5.75. The summed E-state index contributed by atoms with van der Waals surface area (Å²) >= 11 is 3.06. The molecular weight excluding hydrogens is 307 g/mol. The molecule has 0 atom stereocenters. The molecule has 18 heavy (non-hydrogen) atoms. The number of ether oxygens (including phenoxy) is 1. The molecule has 0 spiro atoms. The van der Waals surface area contributed by atoms with Crippen LogP contribution in [0, 0.1) is 5.82 Å². The van der Waals surface area contributed by atoms with Gasteiger partial charge in [-0.15, -0.1) is 0 Å². The van der Waals surface area contributed by atoms with Crippen LogP contribution >= 0.6 is 15.9 Å². The van der Waals surface area contributed by atoms with Crippen molar-refractivity contribution in [2.75, 3.05) is 7.11 Å². The number of hydrogen-bond donors (Lipinski definition) is 2. The molecule has 0 saturated carbocycles. The number of amides is 1. The second-order valence-electron chi connectivity index (χ2n) is 3.33. The van der Waals surface area contributed by atoms with Gasteiger partial charge in [-0.05, 0) is 28.1 Å². The van der Waals surface area contributed by atoms with Crippen molar-refractivity contribution in [3.8, 4) is 17.0 Å². The summed E-state index contributed by atoms with van der Waals surface area (Å²) in [7, 11) is 1.38. The van der Waals surface area contributed by atoms with Crippen LogP contribution < -0.4 is 10.5 Å². The van der Waals surface area contributed by atoms with Gasteiger partial charge in [-0.25, -0.2) is 4.39 Å². The summed E-state index contributed by atoms with van der Waals surface area (Å²) in [6.07, 6.45) is 0. The van der Waals surface area contributed by atoms with Gasteiger partial charge in [0, 0.05) is 5.56 Å². The number of carbonyl (C=O) groups excluding carboxylic acids is 1. The maximum Gasteiger partial charge on any atom is 0.271 e. The number of nitrogens with two attached hydrogens (primary N) is 1. The van der Waals surface area contributed by atoms with E-state index in [2.05, 4.69) is 31.3 Å². The van der Waals surface area contributed by atoms with E-state index in [-0.39, 0.29) is 21.6 Å². The molecule has 1 aromatic carbocycles. The summed E-state index contributed by atoms with van der Waals surface area (Å²) < 4.78 is 18.6. The average molecular weight is 315 g/mol. The molecule has 0 saturated heterocycles. The third-order valence-corrected chi connectivity index (χ3v) is 3.03. The number of nitrogens with one attached hydrogen (secondary N) is 1. The van der Waals surface area contributed by atoms with Gasteiger partial charge in [0.05, 0.1) is 11.6 Å². The minimum Gasteiger partial charge on any atom is -0.495 e. The van der Waals surface area contributed by atoms with Gasteiger partial charge >= 0.3 is 0 Å². The number of methoxy groups -OCH3 is 1. The quantitative estimate of drug-likeness (QED) is 0.897. The summed E-state index contributed by atoms with van der Waals surface area (Å²) in [6.45, 7) is 0. The Morgan fingerprint density at radius 3 is 2.83 bits per heavy atom. The molecule has 0 fully saturated rings. The van der Waals surface area contributed by atoms with E-state index in [1.54, 1.807) is 0 Å². The number of hydrogen-bond acceptors (Lipinski definition) is 4. The predicted octanol–water partition coefficient (Wildman–Crippen LogP) is 1.48. The molecule has 2 aromatic rings. The molecule has 1 heterocycles. The van der Waals surface area contributed by atoms with Crippen LogP contribution in [0.25, 0.3) is 11.3 Å². The zero-order chi connectivity index (χ0) is 13.3. The van der Waals surface area contributed by atoms with Crippen LogP contribution in [0.3, 0.4) is 0 Å². The van der Waals surface area contributed by atoms with E-state index >= 15 is 0 Å². The van der Waals surface area contributed by atoms with Crippen LogP contribution in [0.15, 0.2) is 16.6 Å². The van der Waals surface area contributed by atoms with Gasteiger partial charge in [0.2, 0.25) is 0 Å². The lowest BCUT2D eigenvalue weighted by Crippen LogP contribution is -2.13. The second-order valence-corrected chi connectivity index (χ2v) is 4.12. The molecule has 6 nitrogen and oxygen atoms in total.